The van der Waals surface area contributed by atoms with Crippen molar-refractivity contribution in [2.75, 3.05) is 11.1 Å². The first-order valence-electron chi connectivity index (χ1n) is 11.2. The van der Waals surface area contributed by atoms with E-state index in [0.29, 0.717) is 18.2 Å². The first kappa shape index (κ1) is 22.0. The second kappa shape index (κ2) is 10.4. The molecule has 4 aromatic rings. The first-order valence-corrected chi connectivity index (χ1v) is 12.2. The number of rotatable bonds is 9. The van der Waals surface area contributed by atoms with E-state index in [4.69, 9.17) is 0 Å². The van der Waals surface area contributed by atoms with Crippen molar-refractivity contribution in [1.82, 2.24) is 14.8 Å². The van der Waals surface area contributed by atoms with Crippen LogP contribution in [0.1, 0.15) is 30.1 Å². The van der Waals surface area contributed by atoms with Crippen molar-refractivity contribution in [3.05, 3.63) is 96.3 Å². The molecule has 1 heterocycles. The number of benzene rings is 3. The molecular weight excluding hydrogens is 444 g/mol. The normalized spacial score (nSPS) is 13.3. The van der Waals surface area contributed by atoms with E-state index in [1.165, 1.54) is 17.3 Å². The van der Waals surface area contributed by atoms with Crippen molar-refractivity contribution in [3.8, 4) is 0 Å². The number of amides is 1. The molecule has 0 unspecified atom stereocenters. The number of hydrogen-bond donors (Lipinski definition) is 1. The summed E-state index contributed by atoms with van der Waals surface area (Å²) in [6, 6.07) is 27.1. The zero-order valence-corrected chi connectivity index (χ0v) is 19.4. The zero-order valence-electron chi connectivity index (χ0n) is 18.5. The van der Waals surface area contributed by atoms with Crippen LogP contribution in [0.15, 0.2) is 100 Å². The summed E-state index contributed by atoms with van der Waals surface area (Å²) in [6.45, 7) is 0.711. The van der Waals surface area contributed by atoms with Crippen LogP contribution in [0.3, 0.4) is 0 Å². The lowest BCUT2D eigenvalue weighted by atomic mass is 10.2. The fourth-order valence-electron chi connectivity index (χ4n) is 3.51. The van der Waals surface area contributed by atoms with Crippen LogP contribution in [0, 0.1) is 0 Å². The Morgan fingerprint density at radius 3 is 2.21 bits per heavy atom. The Bertz CT molecular complexity index is 1270. The van der Waals surface area contributed by atoms with Crippen LogP contribution in [-0.4, -0.2) is 26.4 Å². The van der Waals surface area contributed by atoms with E-state index in [0.717, 1.165) is 35.2 Å². The van der Waals surface area contributed by atoms with Gasteiger partial charge in [0, 0.05) is 11.6 Å². The molecule has 1 N–H and O–H groups in total. The monoisotopic (exact) mass is 468 g/mol. The number of carbonyl (C=O) groups is 1. The van der Waals surface area contributed by atoms with E-state index in [1.807, 2.05) is 72.8 Å². The minimum atomic E-state index is -0.0918. The summed E-state index contributed by atoms with van der Waals surface area (Å²) in [5.41, 5.74) is 3.42. The molecule has 0 atom stereocenters. The molecule has 1 fully saturated rings. The molecule has 8 heteroatoms. The second-order valence-electron chi connectivity index (χ2n) is 8.11. The van der Waals surface area contributed by atoms with E-state index >= 15 is 0 Å². The number of azo groups is 1. The SMILES string of the molecule is O=C(CSc1nnc(C2CC2)n1Cc1ccccc1)Nc1ccc(N=Nc2ccccc2)cc1. The highest BCUT2D eigenvalue weighted by atomic mass is 32.2. The Labute approximate surface area is 202 Å². The maximum atomic E-state index is 12.6. The van der Waals surface area contributed by atoms with Crippen molar-refractivity contribution in [2.24, 2.45) is 10.2 Å². The number of hydrogen-bond acceptors (Lipinski definition) is 6. The Morgan fingerprint density at radius 1 is 0.882 bits per heavy atom. The highest BCUT2D eigenvalue weighted by molar-refractivity contribution is 7.99. The predicted octanol–water partition coefficient (Wildman–Crippen LogP) is 6.35. The summed E-state index contributed by atoms with van der Waals surface area (Å²) >= 11 is 1.41. The topological polar surface area (TPSA) is 84.5 Å². The number of carbonyl (C=O) groups excluding carboxylic acids is 1. The van der Waals surface area contributed by atoms with Crippen molar-refractivity contribution in [2.45, 2.75) is 30.5 Å². The van der Waals surface area contributed by atoms with Gasteiger partial charge in [0.25, 0.3) is 0 Å². The highest BCUT2D eigenvalue weighted by Gasteiger charge is 2.30. The summed E-state index contributed by atoms with van der Waals surface area (Å²) < 4.78 is 2.15. The largest absolute Gasteiger partial charge is 0.325 e. The molecule has 0 saturated heterocycles. The predicted molar refractivity (Wildman–Crippen MR) is 134 cm³/mol. The van der Waals surface area contributed by atoms with Gasteiger partial charge in [-0.3, -0.25) is 4.79 Å². The Kier molecular flexibility index (Phi) is 6.76. The van der Waals surface area contributed by atoms with Gasteiger partial charge in [-0.15, -0.1) is 10.2 Å². The molecule has 0 spiro atoms. The summed E-state index contributed by atoms with van der Waals surface area (Å²) in [7, 11) is 0. The van der Waals surface area contributed by atoms with Crippen LogP contribution in [0.2, 0.25) is 0 Å². The smallest absolute Gasteiger partial charge is 0.234 e. The van der Waals surface area contributed by atoms with E-state index < -0.39 is 0 Å². The lowest BCUT2D eigenvalue weighted by Crippen LogP contribution is -2.15. The van der Waals surface area contributed by atoms with E-state index in [1.54, 1.807) is 0 Å². The van der Waals surface area contributed by atoms with Gasteiger partial charge in [0.15, 0.2) is 5.16 Å². The molecule has 1 amide bonds. The van der Waals surface area contributed by atoms with Gasteiger partial charge >= 0.3 is 0 Å². The highest BCUT2D eigenvalue weighted by Crippen LogP contribution is 2.40. The Hall–Kier alpha value is -3.78. The Balaban J connectivity index is 1.18. The van der Waals surface area contributed by atoms with Crippen LogP contribution < -0.4 is 5.32 Å². The lowest BCUT2D eigenvalue weighted by Gasteiger charge is -2.10. The molecule has 0 bridgehead atoms. The Morgan fingerprint density at radius 2 is 1.53 bits per heavy atom. The van der Waals surface area contributed by atoms with E-state index in [-0.39, 0.29) is 11.7 Å². The third kappa shape index (κ3) is 5.77. The number of thioether (sulfide) groups is 1. The van der Waals surface area contributed by atoms with Crippen LogP contribution in [0.5, 0.6) is 0 Å². The minimum Gasteiger partial charge on any atom is -0.325 e. The fourth-order valence-corrected chi connectivity index (χ4v) is 4.26. The molecule has 1 aliphatic rings. The van der Waals surface area contributed by atoms with Crippen LogP contribution in [0.25, 0.3) is 0 Å². The van der Waals surface area contributed by atoms with Gasteiger partial charge in [-0.05, 0) is 54.8 Å². The molecule has 1 aromatic heterocycles. The summed E-state index contributed by atoms with van der Waals surface area (Å²) in [4.78, 5) is 12.6. The van der Waals surface area contributed by atoms with Crippen LogP contribution in [0.4, 0.5) is 17.1 Å². The number of aromatic nitrogens is 3. The van der Waals surface area contributed by atoms with Crippen molar-refractivity contribution in [3.63, 3.8) is 0 Å². The summed E-state index contributed by atoms with van der Waals surface area (Å²) in [6.07, 6.45) is 2.30. The standard InChI is InChI=1S/C26H24N6OS/c33-24(27-21-13-15-23(16-14-21)29-28-22-9-5-2-6-10-22)18-34-26-31-30-25(20-11-12-20)32(26)17-19-7-3-1-4-8-19/h1-10,13-16,20H,11-12,17-18H2,(H,27,33). The molecule has 170 valence electrons. The summed E-state index contributed by atoms with van der Waals surface area (Å²) in [5.74, 6) is 1.67. The maximum absolute atomic E-state index is 12.6. The summed E-state index contributed by atoms with van der Waals surface area (Å²) in [5, 5.41) is 21.0. The molecule has 0 aliphatic heterocycles. The van der Waals surface area contributed by atoms with Gasteiger partial charge in [-0.1, -0.05) is 60.3 Å². The van der Waals surface area contributed by atoms with Crippen molar-refractivity contribution >= 4 is 34.7 Å². The lowest BCUT2D eigenvalue weighted by molar-refractivity contribution is -0.113. The second-order valence-corrected chi connectivity index (χ2v) is 9.05. The molecule has 5 rings (SSSR count). The molecule has 0 radical (unpaired) electrons. The molecule has 3 aromatic carbocycles. The van der Waals surface area contributed by atoms with Gasteiger partial charge in [0.2, 0.25) is 5.91 Å². The van der Waals surface area contributed by atoms with Crippen LogP contribution >= 0.6 is 11.8 Å². The molecule has 7 nitrogen and oxygen atoms in total. The average molecular weight is 469 g/mol. The first-order chi connectivity index (χ1) is 16.7. The van der Waals surface area contributed by atoms with Crippen molar-refractivity contribution < 1.29 is 4.79 Å². The molecule has 1 aliphatic carbocycles. The van der Waals surface area contributed by atoms with Gasteiger partial charge < -0.3 is 9.88 Å². The fraction of sp³-hybridized carbons (Fsp3) is 0.192. The number of nitrogens with zero attached hydrogens (tertiary/aromatic N) is 5. The minimum absolute atomic E-state index is 0.0918. The van der Waals surface area contributed by atoms with E-state index in [9.17, 15) is 4.79 Å². The number of nitrogens with one attached hydrogen (secondary N) is 1. The quantitative estimate of drug-likeness (QED) is 0.229. The average Bonchev–Trinajstić information content (AvgIpc) is 3.65. The van der Waals surface area contributed by atoms with Gasteiger partial charge in [-0.25, -0.2) is 0 Å². The number of anilines is 1. The van der Waals surface area contributed by atoms with Crippen LogP contribution in [-0.2, 0) is 11.3 Å². The molecule has 34 heavy (non-hydrogen) atoms. The molecule has 1 saturated carbocycles. The zero-order chi connectivity index (χ0) is 23.2. The van der Waals surface area contributed by atoms with Crippen molar-refractivity contribution in [1.29, 1.82) is 0 Å². The molecular formula is C26H24N6OS. The van der Waals surface area contributed by atoms with Gasteiger partial charge in [-0.2, -0.15) is 10.2 Å². The van der Waals surface area contributed by atoms with Gasteiger partial charge in [0.1, 0.15) is 5.82 Å². The maximum Gasteiger partial charge on any atom is 0.234 e. The van der Waals surface area contributed by atoms with Gasteiger partial charge in [0.05, 0.1) is 23.7 Å². The third-order valence-electron chi connectivity index (χ3n) is 5.39. The third-order valence-corrected chi connectivity index (χ3v) is 6.36. The van der Waals surface area contributed by atoms with E-state index in [2.05, 4.69) is 42.4 Å².